The van der Waals surface area contributed by atoms with E-state index >= 15 is 0 Å². The zero-order valence-electron chi connectivity index (χ0n) is 13.5. The third-order valence-electron chi connectivity index (χ3n) is 4.00. The molecule has 0 spiro atoms. The van der Waals surface area contributed by atoms with Gasteiger partial charge in [0.2, 0.25) is 0 Å². The van der Waals surface area contributed by atoms with Gasteiger partial charge in [-0.1, -0.05) is 12.1 Å². The van der Waals surface area contributed by atoms with Crippen LogP contribution < -0.4 is 4.74 Å². The first-order valence-corrected chi connectivity index (χ1v) is 7.86. The number of rotatable bonds is 6. The summed E-state index contributed by atoms with van der Waals surface area (Å²) in [6.45, 7) is 2.16. The maximum Gasteiger partial charge on any atom is 0.165 e. The first-order chi connectivity index (χ1) is 11.6. The zero-order valence-corrected chi connectivity index (χ0v) is 13.5. The molecule has 1 aromatic carbocycles. The van der Waals surface area contributed by atoms with Crippen LogP contribution in [0.1, 0.15) is 11.9 Å². The Bertz CT molecular complexity index is 666. The van der Waals surface area contributed by atoms with Crippen molar-refractivity contribution in [1.82, 2.24) is 19.7 Å². The number of morpholine rings is 1. The lowest BCUT2D eigenvalue weighted by Gasteiger charge is -2.35. The van der Waals surface area contributed by atoms with Crippen molar-refractivity contribution < 1.29 is 19.0 Å². The van der Waals surface area contributed by atoms with E-state index in [1.165, 1.54) is 12.4 Å². The van der Waals surface area contributed by atoms with Gasteiger partial charge in [0.1, 0.15) is 24.9 Å². The van der Waals surface area contributed by atoms with E-state index in [1.807, 2.05) is 7.05 Å². The molecule has 2 heterocycles. The first-order valence-electron chi connectivity index (χ1n) is 7.86. The molecule has 0 bridgehead atoms. The minimum atomic E-state index is -0.751. The van der Waals surface area contributed by atoms with Gasteiger partial charge in [0.05, 0.1) is 19.3 Å². The van der Waals surface area contributed by atoms with Crippen LogP contribution in [-0.4, -0.2) is 63.8 Å². The van der Waals surface area contributed by atoms with E-state index in [-0.39, 0.29) is 18.4 Å². The Balaban J connectivity index is 1.59. The quantitative estimate of drug-likeness (QED) is 0.840. The maximum absolute atomic E-state index is 13.5. The summed E-state index contributed by atoms with van der Waals surface area (Å²) in [6, 6.07) is 6.08. The summed E-state index contributed by atoms with van der Waals surface area (Å²) in [6.07, 6.45) is 0.748. The lowest BCUT2D eigenvalue weighted by atomic mass is 10.2. The molecule has 8 heteroatoms. The molecule has 7 nitrogen and oxygen atoms in total. The Kier molecular flexibility index (Phi) is 5.39. The summed E-state index contributed by atoms with van der Waals surface area (Å²) < 4.78 is 26.1. The van der Waals surface area contributed by atoms with Crippen molar-refractivity contribution in [3.05, 3.63) is 42.2 Å². The third kappa shape index (κ3) is 3.89. The summed E-state index contributed by atoms with van der Waals surface area (Å²) in [5.74, 6) is 0.494. The van der Waals surface area contributed by atoms with E-state index in [4.69, 9.17) is 9.47 Å². The number of aromatic nitrogens is 3. The second-order valence-corrected chi connectivity index (χ2v) is 5.72. The summed E-state index contributed by atoms with van der Waals surface area (Å²) in [5.41, 5.74) is 0. The second-order valence-electron chi connectivity index (χ2n) is 5.72. The number of hydrogen-bond acceptors (Lipinski definition) is 6. The van der Waals surface area contributed by atoms with Crippen LogP contribution >= 0.6 is 0 Å². The Morgan fingerprint density at radius 1 is 1.46 bits per heavy atom. The van der Waals surface area contributed by atoms with Gasteiger partial charge in [-0.15, -0.1) is 0 Å². The molecule has 1 aromatic heterocycles. The predicted octanol–water partition coefficient (Wildman–Crippen LogP) is 0.767. The van der Waals surface area contributed by atoms with Crippen LogP contribution in [0.4, 0.5) is 4.39 Å². The fourth-order valence-electron chi connectivity index (χ4n) is 2.77. The average Bonchev–Trinajstić information content (AvgIpc) is 3.00. The fraction of sp³-hybridized carbons (Fsp3) is 0.500. The number of aryl methyl sites for hydroxylation is 1. The van der Waals surface area contributed by atoms with Gasteiger partial charge in [-0.2, -0.15) is 5.10 Å². The molecule has 1 aliphatic heterocycles. The molecule has 130 valence electrons. The van der Waals surface area contributed by atoms with E-state index in [1.54, 1.807) is 22.9 Å². The Morgan fingerprint density at radius 2 is 2.29 bits per heavy atom. The molecule has 2 unspecified atom stereocenters. The van der Waals surface area contributed by atoms with E-state index < -0.39 is 11.9 Å². The molecule has 0 saturated carbocycles. The number of benzene rings is 1. The first kappa shape index (κ1) is 16.8. The zero-order chi connectivity index (χ0) is 16.9. The second kappa shape index (κ2) is 7.69. The number of nitrogens with zero attached hydrogens (tertiary/aromatic N) is 4. The van der Waals surface area contributed by atoms with Crippen LogP contribution in [0.25, 0.3) is 0 Å². The number of para-hydroxylation sites is 1. The van der Waals surface area contributed by atoms with Crippen molar-refractivity contribution in [2.45, 2.75) is 12.1 Å². The van der Waals surface area contributed by atoms with Crippen molar-refractivity contribution in [3.63, 3.8) is 0 Å². The average molecular weight is 336 g/mol. The van der Waals surface area contributed by atoms with Crippen LogP contribution in [0, 0.1) is 5.82 Å². The molecule has 2 atom stereocenters. The highest BCUT2D eigenvalue weighted by Crippen LogP contribution is 2.22. The maximum atomic E-state index is 13.5. The topological polar surface area (TPSA) is 72.6 Å². The van der Waals surface area contributed by atoms with Crippen molar-refractivity contribution in [3.8, 4) is 5.75 Å². The minimum Gasteiger partial charge on any atom is -0.488 e. The van der Waals surface area contributed by atoms with Crippen molar-refractivity contribution >= 4 is 0 Å². The van der Waals surface area contributed by atoms with Gasteiger partial charge in [-0.05, 0) is 12.1 Å². The highest BCUT2D eigenvalue weighted by Gasteiger charge is 2.29. The SMILES string of the molecule is Cn1ncnc1C1COCCN1CC(O)COc1ccccc1F. The minimum absolute atomic E-state index is 0.0177. The Hall–Kier alpha value is -2.03. The van der Waals surface area contributed by atoms with Gasteiger partial charge in [-0.25, -0.2) is 9.37 Å². The van der Waals surface area contributed by atoms with Crippen LogP contribution in [0.3, 0.4) is 0 Å². The monoisotopic (exact) mass is 336 g/mol. The number of halogens is 1. The third-order valence-corrected chi connectivity index (χ3v) is 4.00. The normalized spacial score (nSPS) is 20.0. The molecular weight excluding hydrogens is 315 g/mol. The van der Waals surface area contributed by atoms with Crippen molar-refractivity contribution in [1.29, 1.82) is 0 Å². The highest BCUT2D eigenvalue weighted by molar-refractivity contribution is 5.23. The molecule has 24 heavy (non-hydrogen) atoms. The molecule has 1 saturated heterocycles. The lowest BCUT2D eigenvalue weighted by molar-refractivity contribution is -0.0374. The van der Waals surface area contributed by atoms with Gasteiger partial charge in [0.15, 0.2) is 11.6 Å². The predicted molar refractivity (Wildman–Crippen MR) is 84.0 cm³/mol. The van der Waals surface area contributed by atoms with Crippen molar-refractivity contribution in [2.24, 2.45) is 7.05 Å². The van der Waals surface area contributed by atoms with E-state index in [0.29, 0.717) is 26.3 Å². The fourth-order valence-corrected chi connectivity index (χ4v) is 2.77. The van der Waals surface area contributed by atoms with Crippen LogP contribution in [0.2, 0.25) is 0 Å². The molecule has 1 N–H and O–H groups in total. The summed E-state index contributed by atoms with van der Waals surface area (Å²) >= 11 is 0. The summed E-state index contributed by atoms with van der Waals surface area (Å²) in [5, 5.41) is 14.4. The van der Waals surface area contributed by atoms with Gasteiger partial charge in [0, 0.05) is 20.1 Å². The van der Waals surface area contributed by atoms with Gasteiger partial charge < -0.3 is 14.6 Å². The van der Waals surface area contributed by atoms with Gasteiger partial charge in [-0.3, -0.25) is 9.58 Å². The molecule has 2 aromatic rings. The molecule has 1 fully saturated rings. The van der Waals surface area contributed by atoms with Crippen LogP contribution in [0.15, 0.2) is 30.6 Å². The Morgan fingerprint density at radius 3 is 3.04 bits per heavy atom. The number of hydrogen-bond donors (Lipinski definition) is 1. The van der Waals surface area contributed by atoms with Gasteiger partial charge in [0.25, 0.3) is 0 Å². The molecule has 1 aliphatic rings. The molecule has 0 amide bonds. The lowest BCUT2D eigenvalue weighted by Crippen LogP contribution is -2.45. The Labute approximate surface area is 139 Å². The summed E-state index contributed by atoms with van der Waals surface area (Å²) in [4.78, 5) is 6.36. The molecular formula is C16H21FN4O3. The number of aliphatic hydroxyl groups excluding tert-OH is 1. The summed E-state index contributed by atoms with van der Waals surface area (Å²) in [7, 11) is 1.83. The highest BCUT2D eigenvalue weighted by atomic mass is 19.1. The smallest absolute Gasteiger partial charge is 0.165 e. The van der Waals surface area contributed by atoms with Crippen LogP contribution in [-0.2, 0) is 11.8 Å². The number of aliphatic hydroxyl groups is 1. The van der Waals surface area contributed by atoms with E-state index in [2.05, 4.69) is 15.0 Å². The largest absolute Gasteiger partial charge is 0.488 e. The van der Waals surface area contributed by atoms with Crippen molar-refractivity contribution in [2.75, 3.05) is 32.9 Å². The number of ether oxygens (including phenoxy) is 2. The molecule has 3 rings (SSSR count). The number of β-amino-alcohol motifs (C(OH)–C–C–N with tert-alkyl or cyclic N) is 1. The van der Waals surface area contributed by atoms with Gasteiger partial charge >= 0.3 is 0 Å². The standard InChI is InChI=1S/C16H21FN4O3/c1-20-16(18-11-19-20)14-10-23-7-6-21(14)8-12(22)9-24-15-5-3-2-4-13(15)17/h2-5,11-12,14,22H,6-10H2,1H3. The van der Waals surface area contributed by atoms with E-state index in [0.717, 1.165) is 5.82 Å². The van der Waals surface area contributed by atoms with E-state index in [9.17, 15) is 9.50 Å². The molecule has 0 radical (unpaired) electrons. The van der Waals surface area contributed by atoms with Crippen LogP contribution in [0.5, 0.6) is 5.75 Å². The molecule has 0 aliphatic carbocycles.